The van der Waals surface area contributed by atoms with E-state index in [0.717, 1.165) is 17.6 Å². The summed E-state index contributed by atoms with van der Waals surface area (Å²) in [5, 5.41) is 4.12. The maximum atomic E-state index is 11.1. The predicted molar refractivity (Wildman–Crippen MR) is 74.0 cm³/mol. The second-order valence-electron chi connectivity index (χ2n) is 5.26. The van der Waals surface area contributed by atoms with Gasteiger partial charge in [-0.25, -0.2) is 0 Å². The van der Waals surface area contributed by atoms with Crippen molar-refractivity contribution in [3.63, 3.8) is 0 Å². The molecule has 2 aromatic rings. The Hall–Kier alpha value is -1.81. The fraction of sp³-hybridized carbons (Fsp3) is 0.400. The second-order valence-corrected chi connectivity index (χ2v) is 5.26. The first-order valence-electron chi connectivity index (χ1n) is 6.58. The van der Waals surface area contributed by atoms with Crippen LogP contribution in [0.15, 0.2) is 24.3 Å². The average molecular weight is 258 g/mol. The smallest absolute Gasteiger partial charge is 0.216 e. The first-order chi connectivity index (χ1) is 9.10. The van der Waals surface area contributed by atoms with Crippen molar-refractivity contribution in [2.24, 2.45) is 0 Å². The van der Waals surface area contributed by atoms with E-state index >= 15 is 0 Å². The normalized spacial score (nSPS) is 22.2. The highest BCUT2D eigenvalue weighted by atomic mass is 16.5. The van der Waals surface area contributed by atoms with E-state index in [1.807, 2.05) is 13.0 Å². The Kier molecular flexibility index (Phi) is 2.82. The second kappa shape index (κ2) is 4.38. The van der Waals surface area contributed by atoms with Gasteiger partial charge < -0.3 is 15.0 Å². The summed E-state index contributed by atoms with van der Waals surface area (Å²) < 4.78 is 5.93. The monoisotopic (exact) mass is 258 g/mol. The summed E-state index contributed by atoms with van der Waals surface area (Å²) in [4.78, 5) is 14.6. The highest BCUT2D eigenvalue weighted by molar-refractivity contribution is 5.85. The summed E-state index contributed by atoms with van der Waals surface area (Å²) in [6.45, 7) is 4.72. The number of para-hydroxylation sites is 1. The number of amides is 1. The van der Waals surface area contributed by atoms with Gasteiger partial charge in [0, 0.05) is 17.8 Å². The third kappa shape index (κ3) is 2.02. The van der Waals surface area contributed by atoms with E-state index in [1.165, 1.54) is 17.9 Å². The third-order valence-corrected chi connectivity index (χ3v) is 3.79. The van der Waals surface area contributed by atoms with Crippen molar-refractivity contribution in [3.8, 4) is 0 Å². The Morgan fingerprint density at radius 1 is 1.47 bits per heavy atom. The molecule has 0 spiro atoms. The minimum absolute atomic E-state index is 0.0342. The fourth-order valence-corrected chi connectivity index (χ4v) is 2.79. The molecule has 2 N–H and O–H groups in total. The van der Waals surface area contributed by atoms with E-state index in [4.69, 9.17) is 4.74 Å². The number of hydrogen-bond donors (Lipinski definition) is 2. The van der Waals surface area contributed by atoms with Gasteiger partial charge in [-0.2, -0.15) is 0 Å². The van der Waals surface area contributed by atoms with Crippen LogP contribution in [-0.2, 0) is 21.6 Å². The van der Waals surface area contributed by atoms with Crippen LogP contribution < -0.4 is 5.32 Å². The largest absolute Gasteiger partial charge is 0.367 e. The summed E-state index contributed by atoms with van der Waals surface area (Å²) in [6.07, 6.45) is 0.912. The van der Waals surface area contributed by atoms with E-state index in [1.54, 1.807) is 0 Å². The summed E-state index contributed by atoms with van der Waals surface area (Å²) in [7, 11) is 0. The van der Waals surface area contributed by atoms with Crippen LogP contribution in [0.5, 0.6) is 0 Å². The van der Waals surface area contributed by atoms with Crippen molar-refractivity contribution in [2.75, 3.05) is 13.2 Å². The molecule has 0 bridgehead atoms. The van der Waals surface area contributed by atoms with Crippen molar-refractivity contribution in [1.82, 2.24) is 10.3 Å². The lowest BCUT2D eigenvalue weighted by Gasteiger charge is -2.34. The van der Waals surface area contributed by atoms with Crippen LogP contribution in [0.4, 0.5) is 0 Å². The van der Waals surface area contributed by atoms with Gasteiger partial charge in [0.15, 0.2) is 0 Å². The summed E-state index contributed by atoms with van der Waals surface area (Å²) in [6, 6.07) is 8.29. The van der Waals surface area contributed by atoms with E-state index in [9.17, 15) is 4.79 Å². The van der Waals surface area contributed by atoms with Crippen molar-refractivity contribution < 1.29 is 9.53 Å². The van der Waals surface area contributed by atoms with Crippen LogP contribution in [0.25, 0.3) is 10.9 Å². The van der Waals surface area contributed by atoms with Gasteiger partial charge in [-0.1, -0.05) is 18.2 Å². The fourth-order valence-electron chi connectivity index (χ4n) is 2.79. The summed E-state index contributed by atoms with van der Waals surface area (Å²) in [5.74, 6) is -0.0342. The van der Waals surface area contributed by atoms with E-state index in [2.05, 4.69) is 28.5 Å². The van der Waals surface area contributed by atoms with Gasteiger partial charge in [0.25, 0.3) is 0 Å². The number of fused-ring (bicyclic) bond motifs is 3. The zero-order chi connectivity index (χ0) is 13.5. The molecule has 19 heavy (non-hydrogen) atoms. The first kappa shape index (κ1) is 12.2. The Morgan fingerprint density at radius 3 is 3.05 bits per heavy atom. The molecule has 1 unspecified atom stereocenters. The lowest BCUT2D eigenvalue weighted by Crippen LogP contribution is -2.43. The Balaban J connectivity index is 2.06. The van der Waals surface area contributed by atoms with Crippen molar-refractivity contribution in [2.45, 2.75) is 25.9 Å². The quantitative estimate of drug-likeness (QED) is 0.866. The number of carbonyl (C=O) groups excluding carboxylic acids is 1. The first-order valence-corrected chi connectivity index (χ1v) is 6.58. The number of aromatic nitrogens is 1. The Morgan fingerprint density at radius 2 is 2.26 bits per heavy atom. The van der Waals surface area contributed by atoms with E-state index in [-0.39, 0.29) is 5.91 Å². The van der Waals surface area contributed by atoms with Gasteiger partial charge in [-0.3, -0.25) is 4.79 Å². The molecule has 0 saturated carbocycles. The lowest BCUT2D eigenvalue weighted by atomic mass is 9.93. The number of nitrogens with one attached hydrogen (secondary N) is 2. The molecule has 0 saturated heterocycles. The molecule has 1 amide bonds. The summed E-state index contributed by atoms with van der Waals surface area (Å²) >= 11 is 0. The molecule has 4 heteroatoms. The highest BCUT2D eigenvalue weighted by Crippen LogP contribution is 2.36. The van der Waals surface area contributed by atoms with Crippen molar-refractivity contribution >= 4 is 16.8 Å². The number of ether oxygens (including phenoxy) is 1. The summed E-state index contributed by atoms with van der Waals surface area (Å²) in [5.41, 5.74) is 3.06. The van der Waals surface area contributed by atoms with Gasteiger partial charge in [0.2, 0.25) is 5.91 Å². The molecular formula is C15H18N2O2. The minimum atomic E-state index is -0.474. The minimum Gasteiger partial charge on any atom is -0.367 e. The number of carbonyl (C=O) groups is 1. The number of rotatable bonds is 2. The van der Waals surface area contributed by atoms with Gasteiger partial charge in [-0.05, 0) is 25.0 Å². The number of benzene rings is 1. The number of aromatic amines is 1. The third-order valence-electron chi connectivity index (χ3n) is 3.79. The molecule has 0 fully saturated rings. The highest BCUT2D eigenvalue weighted by Gasteiger charge is 2.35. The maximum Gasteiger partial charge on any atom is 0.216 e. The van der Waals surface area contributed by atoms with Crippen LogP contribution in [-0.4, -0.2) is 24.0 Å². The zero-order valence-corrected chi connectivity index (χ0v) is 11.2. The number of hydrogen-bond acceptors (Lipinski definition) is 2. The maximum absolute atomic E-state index is 11.1. The lowest BCUT2D eigenvalue weighted by molar-refractivity contribution is -0.121. The van der Waals surface area contributed by atoms with Gasteiger partial charge in [0.05, 0.1) is 18.8 Å². The molecule has 1 atom stereocenters. The van der Waals surface area contributed by atoms with Crippen LogP contribution in [0.3, 0.4) is 0 Å². The van der Waals surface area contributed by atoms with Gasteiger partial charge in [-0.15, -0.1) is 0 Å². The molecule has 4 nitrogen and oxygen atoms in total. The van der Waals surface area contributed by atoms with Crippen molar-refractivity contribution in [3.05, 3.63) is 35.5 Å². The molecule has 1 aromatic carbocycles. The molecule has 1 aromatic heterocycles. The molecule has 1 aliphatic rings. The van der Waals surface area contributed by atoms with E-state index < -0.39 is 5.60 Å². The molecular weight excluding hydrogens is 240 g/mol. The van der Waals surface area contributed by atoms with Crippen LogP contribution in [0.1, 0.15) is 25.1 Å². The Labute approximate surface area is 112 Å². The molecule has 1 aliphatic heterocycles. The molecule has 3 rings (SSSR count). The standard InChI is InChI=1S/C15H18N2O2/c1-10(18)16-9-15(2)14-12(7-8-19-15)11-5-3-4-6-13(11)17-14/h3-6,17H,7-9H2,1-2H3,(H,16,18). The SMILES string of the molecule is CC(=O)NCC1(C)OCCc2c1[nH]c1ccccc21. The van der Waals surface area contributed by atoms with Crippen LogP contribution in [0.2, 0.25) is 0 Å². The van der Waals surface area contributed by atoms with Crippen LogP contribution >= 0.6 is 0 Å². The molecule has 0 radical (unpaired) electrons. The average Bonchev–Trinajstić information content (AvgIpc) is 2.78. The van der Waals surface area contributed by atoms with E-state index in [0.29, 0.717) is 13.2 Å². The predicted octanol–water partition coefficient (Wildman–Crippen LogP) is 2.09. The molecule has 0 aliphatic carbocycles. The zero-order valence-electron chi connectivity index (χ0n) is 11.2. The topological polar surface area (TPSA) is 54.1 Å². The Bertz CT molecular complexity index is 632. The molecule has 100 valence electrons. The number of H-pyrrole nitrogens is 1. The van der Waals surface area contributed by atoms with Crippen molar-refractivity contribution in [1.29, 1.82) is 0 Å². The van der Waals surface area contributed by atoms with Gasteiger partial charge >= 0.3 is 0 Å². The van der Waals surface area contributed by atoms with Gasteiger partial charge in [0.1, 0.15) is 5.60 Å². The van der Waals surface area contributed by atoms with Crippen LogP contribution in [0, 0.1) is 0 Å². The molecule has 2 heterocycles.